The minimum Gasteiger partial charge on any atom is -0.435 e. The zero-order chi connectivity index (χ0) is 12.7. The fourth-order valence-corrected chi connectivity index (χ4v) is 2.79. The van der Waals surface area contributed by atoms with Crippen LogP contribution in [0.25, 0.3) is 22.6 Å². The highest BCUT2D eigenvalue weighted by Crippen LogP contribution is 2.30. The van der Waals surface area contributed by atoms with E-state index in [2.05, 4.69) is 41.8 Å². The minimum atomic E-state index is 0.574. The van der Waals surface area contributed by atoms with E-state index in [-0.39, 0.29) is 0 Å². The molecule has 0 N–H and O–H groups in total. The second-order valence-corrected chi connectivity index (χ2v) is 5.78. The van der Waals surface area contributed by atoms with Crippen LogP contribution in [0.5, 0.6) is 0 Å². The Bertz CT molecular complexity index is 737. The minimum absolute atomic E-state index is 0.574. The maximum absolute atomic E-state index is 5.78. The van der Waals surface area contributed by atoms with Crippen LogP contribution in [0.15, 0.2) is 44.0 Å². The molecule has 0 saturated heterocycles. The first-order valence-corrected chi connectivity index (χ1v) is 6.90. The number of aryl methyl sites for hydroxylation is 1. The monoisotopic (exact) mass is 366 g/mol. The summed E-state index contributed by atoms with van der Waals surface area (Å²) in [5.41, 5.74) is 3.60. The standard InChI is InChI=1S/C13H8Br2N2O/c1-7-2-10(15)12-11(3-7)17-13(18-12)8-4-9(14)6-16-5-8/h2-6H,1H3. The Kier molecular flexibility index (Phi) is 2.95. The van der Waals surface area contributed by atoms with Crippen molar-refractivity contribution in [3.8, 4) is 11.5 Å². The molecule has 0 aliphatic rings. The van der Waals surface area contributed by atoms with Crippen molar-refractivity contribution < 1.29 is 4.42 Å². The van der Waals surface area contributed by atoms with Crippen molar-refractivity contribution in [1.82, 2.24) is 9.97 Å². The van der Waals surface area contributed by atoms with Crippen LogP contribution in [0.3, 0.4) is 0 Å². The van der Waals surface area contributed by atoms with Crippen molar-refractivity contribution in [3.05, 3.63) is 45.1 Å². The van der Waals surface area contributed by atoms with Gasteiger partial charge in [0.2, 0.25) is 5.89 Å². The largest absolute Gasteiger partial charge is 0.435 e. The van der Waals surface area contributed by atoms with Crippen LogP contribution in [0.1, 0.15) is 5.56 Å². The zero-order valence-electron chi connectivity index (χ0n) is 9.45. The molecule has 3 nitrogen and oxygen atoms in total. The summed E-state index contributed by atoms with van der Waals surface area (Å²) in [7, 11) is 0. The molecule has 2 aromatic heterocycles. The van der Waals surface area contributed by atoms with Crippen molar-refractivity contribution in [3.63, 3.8) is 0 Å². The molecule has 90 valence electrons. The highest BCUT2D eigenvalue weighted by Gasteiger charge is 2.11. The molecule has 0 saturated carbocycles. The van der Waals surface area contributed by atoms with E-state index in [4.69, 9.17) is 4.42 Å². The number of benzene rings is 1. The Morgan fingerprint density at radius 3 is 2.72 bits per heavy atom. The van der Waals surface area contributed by atoms with Gasteiger partial charge in [-0.3, -0.25) is 4.98 Å². The van der Waals surface area contributed by atoms with E-state index < -0.39 is 0 Å². The van der Waals surface area contributed by atoms with Crippen LogP contribution >= 0.6 is 31.9 Å². The molecule has 0 bridgehead atoms. The van der Waals surface area contributed by atoms with E-state index in [9.17, 15) is 0 Å². The summed E-state index contributed by atoms with van der Waals surface area (Å²) >= 11 is 6.88. The second kappa shape index (κ2) is 4.48. The quantitative estimate of drug-likeness (QED) is 0.624. The van der Waals surface area contributed by atoms with Crippen molar-refractivity contribution in [1.29, 1.82) is 0 Å². The van der Waals surface area contributed by atoms with E-state index >= 15 is 0 Å². The number of fused-ring (bicyclic) bond motifs is 1. The van der Waals surface area contributed by atoms with E-state index in [0.717, 1.165) is 31.2 Å². The topological polar surface area (TPSA) is 38.9 Å². The van der Waals surface area contributed by atoms with Gasteiger partial charge in [0.1, 0.15) is 5.52 Å². The molecule has 0 aliphatic heterocycles. The number of nitrogens with zero attached hydrogens (tertiary/aromatic N) is 2. The number of aromatic nitrogens is 2. The molecular formula is C13H8Br2N2O. The molecule has 3 aromatic rings. The van der Waals surface area contributed by atoms with Gasteiger partial charge in [-0.05, 0) is 62.5 Å². The van der Waals surface area contributed by atoms with Gasteiger partial charge in [0.25, 0.3) is 0 Å². The lowest BCUT2D eigenvalue weighted by Gasteiger charge is -1.94. The summed E-state index contributed by atoms with van der Waals surface area (Å²) in [4.78, 5) is 8.60. The number of halogens is 2. The molecule has 0 spiro atoms. The average Bonchev–Trinajstić information content (AvgIpc) is 2.73. The van der Waals surface area contributed by atoms with Crippen molar-refractivity contribution >= 4 is 43.0 Å². The first-order valence-electron chi connectivity index (χ1n) is 5.31. The number of hydrogen-bond acceptors (Lipinski definition) is 3. The summed E-state index contributed by atoms with van der Waals surface area (Å²) in [6.45, 7) is 2.03. The lowest BCUT2D eigenvalue weighted by molar-refractivity contribution is 0.617. The van der Waals surface area contributed by atoms with Gasteiger partial charge in [-0.25, -0.2) is 4.98 Å². The summed E-state index contributed by atoms with van der Waals surface area (Å²) in [6, 6.07) is 5.94. The van der Waals surface area contributed by atoms with E-state index in [1.165, 1.54) is 0 Å². The maximum atomic E-state index is 5.78. The Labute approximate surface area is 121 Å². The molecule has 0 radical (unpaired) electrons. The van der Waals surface area contributed by atoms with Crippen LogP contribution in [0.4, 0.5) is 0 Å². The normalized spacial score (nSPS) is 11.1. The van der Waals surface area contributed by atoms with Gasteiger partial charge in [-0.15, -0.1) is 0 Å². The maximum Gasteiger partial charge on any atom is 0.228 e. The molecule has 2 heterocycles. The lowest BCUT2D eigenvalue weighted by atomic mass is 10.2. The predicted octanol–water partition coefficient (Wildman–Crippen LogP) is 4.72. The summed E-state index contributed by atoms with van der Waals surface area (Å²) < 4.78 is 7.59. The predicted molar refractivity (Wildman–Crippen MR) is 77.4 cm³/mol. The molecule has 18 heavy (non-hydrogen) atoms. The van der Waals surface area contributed by atoms with Gasteiger partial charge >= 0.3 is 0 Å². The Morgan fingerprint density at radius 1 is 1.11 bits per heavy atom. The molecule has 0 fully saturated rings. The number of hydrogen-bond donors (Lipinski definition) is 0. The van der Waals surface area contributed by atoms with Crippen LogP contribution in [-0.2, 0) is 0 Å². The lowest BCUT2D eigenvalue weighted by Crippen LogP contribution is -1.79. The van der Waals surface area contributed by atoms with E-state index in [0.29, 0.717) is 5.89 Å². The Morgan fingerprint density at radius 2 is 1.94 bits per heavy atom. The third kappa shape index (κ3) is 2.08. The van der Waals surface area contributed by atoms with Gasteiger partial charge in [-0.2, -0.15) is 0 Å². The summed E-state index contributed by atoms with van der Waals surface area (Å²) in [6.07, 6.45) is 3.46. The molecular weight excluding hydrogens is 360 g/mol. The first-order chi connectivity index (χ1) is 8.63. The van der Waals surface area contributed by atoms with Crippen LogP contribution in [-0.4, -0.2) is 9.97 Å². The zero-order valence-corrected chi connectivity index (χ0v) is 12.6. The van der Waals surface area contributed by atoms with Crippen LogP contribution in [0, 0.1) is 6.92 Å². The third-order valence-electron chi connectivity index (χ3n) is 2.54. The Hall–Kier alpha value is -1.20. The number of oxazole rings is 1. The van der Waals surface area contributed by atoms with Gasteiger partial charge in [0.15, 0.2) is 5.58 Å². The van der Waals surface area contributed by atoms with Crippen LogP contribution < -0.4 is 0 Å². The molecule has 1 aromatic carbocycles. The molecule has 0 unspecified atom stereocenters. The molecule has 0 atom stereocenters. The molecule has 0 amide bonds. The van der Waals surface area contributed by atoms with Crippen molar-refractivity contribution in [2.24, 2.45) is 0 Å². The summed E-state index contributed by atoms with van der Waals surface area (Å²) in [5.74, 6) is 0.574. The van der Waals surface area contributed by atoms with Gasteiger partial charge < -0.3 is 4.42 Å². The number of rotatable bonds is 1. The van der Waals surface area contributed by atoms with Gasteiger partial charge in [0.05, 0.1) is 10.0 Å². The van der Waals surface area contributed by atoms with E-state index in [1.54, 1.807) is 12.4 Å². The van der Waals surface area contributed by atoms with Gasteiger partial charge in [0, 0.05) is 16.9 Å². The number of pyridine rings is 1. The van der Waals surface area contributed by atoms with Crippen LogP contribution in [0.2, 0.25) is 0 Å². The fourth-order valence-electron chi connectivity index (χ4n) is 1.78. The second-order valence-electron chi connectivity index (χ2n) is 4.01. The van der Waals surface area contributed by atoms with Crippen molar-refractivity contribution in [2.45, 2.75) is 6.92 Å². The first kappa shape index (κ1) is 11.9. The average molecular weight is 368 g/mol. The molecule has 5 heteroatoms. The Balaban J connectivity index is 2.22. The SMILES string of the molecule is Cc1cc(Br)c2oc(-c3cncc(Br)c3)nc2c1. The molecule has 0 aliphatic carbocycles. The highest BCUT2D eigenvalue weighted by atomic mass is 79.9. The highest BCUT2D eigenvalue weighted by molar-refractivity contribution is 9.11. The summed E-state index contributed by atoms with van der Waals surface area (Å²) in [5, 5.41) is 0. The fraction of sp³-hybridized carbons (Fsp3) is 0.0769. The van der Waals surface area contributed by atoms with E-state index in [1.807, 2.05) is 25.1 Å². The molecule has 3 rings (SSSR count). The van der Waals surface area contributed by atoms with Gasteiger partial charge in [-0.1, -0.05) is 0 Å². The third-order valence-corrected chi connectivity index (χ3v) is 3.56. The smallest absolute Gasteiger partial charge is 0.228 e. The van der Waals surface area contributed by atoms with Crippen molar-refractivity contribution in [2.75, 3.05) is 0 Å².